The Morgan fingerprint density at radius 2 is 2.27 bits per heavy atom. The van der Waals surface area contributed by atoms with Crippen LogP contribution in [0.15, 0.2) is 30.5 Å². The molecule has 26 heavy (non-hydrogen) atoms. The number of aromatic nitrogens is 1. The average Bonchev–Trinajstić information content (AvgIpc) is 3.07. The number of hydrogen-bond donors (Lipinski definition) is 1. The summed E-state index contributed by atoms with van der Waals surface area (Å²) in [5.74, 6) is 1.22. The molecule has 0 unspecified atom stereocenters. The van der Waals surface area contributed by atoms with Crippen LogP contribution in [0.25, 0.3) is 6.08 Å². The van der Waals surface area contributed by atoms with Gasteiger partial charge in [0.15, 0.2) is 0 Å². The molecule has 0 saturated carbocycles. The van der Waals surface area contributed by atoms with Crippen LogP contribution in [0.3, 0.4) is 0 Å². The number of nitrogens with zero attached hydrogens (tertiary/aromatic N) is 1. The van der Waals surface area contributed by atoms with Crippen molar-refractivity contribution in [2.75, 3.05) is 13.7 Å². The second kappa shape index (κ2) is 10.0. The van der Waals surface area contributed by atoms with Crippen molar-refractivity contribution in [3.8, 4) is 16.7 Å². The van der Waals surface area contributed by atoms with Gasteiger partial charge in [0.1, 0.15) is 11.5 Å². The predicted octanol–water partition coefficient (Wildman–Crippen LogP) is 5.14. The lowest BCUT2D eigenvalue weighted by atomic mass is 10.3. The summed E-state index contributed by atoms with van der Waals surface area (Å²) in [6.07, 6.45) is 5.83. The number of benzene rings is 1. The van der Waals surface area contributed by atoms with Crippen LogP contribution in [-0.2, 0) is 4.74 Å². The monoisotopic (exact) mass is 396 g/mol. The van der Waals surface area contributed by atoms with Crippen LogP contribution in [0.5, 0.6) is 16.7 Å². The highest BCUT2D eigenvalue weighted by molar-refractivity contribution is 7.14. The van der Waals surface area contributed by atoms with E-state index in [2.05, 4.69) is 15.0 Å². The van der Waals surface area contributed by atoms with Gasteiger partial charge < -0.3 is 19.5 Å². The second-order valence-electron chi connectivity index (χ2n) is 5.36. The van der Waals surface area contributed by atoms with E-state index < -0.39 is 6.09 Å². The highest BCUT2D eigenvalue weighted by Gasteiger charge is 2.09. The lowest BCUT2D eigenvalue weighted by Crippen LogP contribution is -2.30. The van der Waals surface area contributed by atoms with Gasteiger partial charge in [0.25, 0.3) is 5.19 Å². The summed E-state index contributed by atoms with van der Waals surface area (Å²) >= 11 is 7.60. The molecule has 1 heterocycles. The third-order valence-electron chi connectivity index (χ3n) is 3.16. The number of thiazole rings is 1. The van der Waals surface area contributed by atoms with Crippen molar-refractivity contribution >= 4 is 35.1 Å². The number of amides is 1. The number of methoxy groups -OCH3 is 1. The molecule has 8 heteroatoms. The molecule has 2 aromatic rings. The fourth-order valence-corrected chi connectivity index (χ4v) is 2.79. The Morgan fingerprint density at radius 1 is 1.46 bits per heavy atom. The molecule has 6 nitrogen and oxygen atoms in total. The molecule has 0 radical (unpaired) electrons. The van der Waals surface area contributed by atoms with Gasteiger partial charge >= 0.3 is 6.09 Å². The summed E-state index contributed by atoms with van der Waals surface area (Å²) in [5, 5.41) is 3.58. The third-order valence-corrected chi connectivity index (χ3v) is 4.29. The van der Waals surface area contributed by atoms with Crippen molar-refractivity contribution < 1.29 is 19.0 Å². The zero-order valence-electron chi connectivity index (χ0n) is 14.8. The number of ether oxygens (including phenoxy) is 3. The fourth-order valence-electron chi connectivity index (χ4n) is 1.89. The summed E-state index contributed by atoms with van der Waals surface area (Å²) in [4.78, 5) is 16.2. The molecular formula is C18H21ClN2O4S. The molecule has 0 fully saturated rings. The molecule has 0 spiro atoms. The molecule has 1 amide bonds. The highest BCUT2D eigenvalue weighted by atomic mass is 35.5. The Labute approximate surface area is 161 Å². The Balaban J connectivity index is 1.96. The summed E-state index contributed by atoms with van der Waals surface area (Å²) < 4.78 is 15.8. The van der Waals surface area contributed by atoms with Gasteiger partial charge in [0.2, 0.25) is 0 Å². The molecule has 0 aliphatic carbocycles. The van der Waals surface area contributed by atoms with Gasteiger partial charge in [-0.2, -0.15) is 0 Å². The maximum Gasteiger partial charge on any atom is 0.407 e. The van der Waals surface area contributed by atoms with Gasteiger partial charge in [-0.15, -0.1) is 0 Å². The summed E-state index contributed by atoms with van der Waals surface area (Å²) in [7, 11) is 1.33. The van der Waals surface area contributed by atoms with Gasteiger partial charge in [-0.3, -0.25) is 0 Å². The number of carbonyl (C=O) groups is 1. The Hall–Kier alpha value is -2.25. The average molecular weight is 397 g/mol. The molecule has 2 rings (SSSR count). The highest BCUT2D eigenvalue weighted by Crippen LogP contribution is 2.34. The number of halogens is 1. The van der Waals surface area contributed by atoms with E-state index in [1.807, 2.05) is 32.1 Å². The van der Waals surface area contributed by atoms with Crippen LogP contribution in [0.4, 0.5) is 4.79 Å². The van der Waals surface area contributed by atoms with Gasteiger partial charge in [-0.1, -0.05) is 35.9 Å². The first-order chi connectivity index (χ1) is 12.5. The minimum absolute atomic E-state index is 0.168. The zero-order valence-corrected chi connectivity index (χ0v) is 16.4. The molecule has 1 N–H and O–H groups in total. The molecule has 0 aliphatic heterocycles. The van der Waals surface area contributed by atoms with E-state index in [0.717, 1.165) is 11.3 Å². The van der Waals surface area contributed by atoms with Crippen molar-refractivity contribution in [2.24, 2.45) is 0 Å². The molecule has 140 valence electrons. The number of hydrogen-bond acceptors (Lipinski definition) is 6. The molecule has 1 atom stereocenters. The first-order valence-corrected chi connectivity index (χ1v) is 9.30. The zero-order chi connectivity index (χ0) is 18.9. The predicted molar refractivity (Wildman–Crippen MR) is 103 cm³/mol. The minimum atomic E-state index is -0.475. The van der Waals surface area contributed by atoms with Crippen LogP contribution in [0.2, 0.25) is 5.02 Å². The Morgan fingerprint density at radius 3 is 2.96 bits per heavy atom. The van der Waals surface area contributed by atoms with E-state index in [0.29, 0.717) is 28.3 Å². The van der Waals surface area contributed by atoms with Crippen molar-refractivity contribution in [1.82, 2.24) is 10.3 Å². The van der Waals surface area contributed by atoms with Gasteiger partial charge in [0.05, 0.1) is 23.6 Å². The first-order valence-electron chi connectivity index (χ1n) is 8.10. The van der Waals surface area contributed by atoms with Crippen LogP contribution < -0.4 is 14.8 Å². The summed E-state index contributed by atoms with van der Waals surface area (Å²) in [5.41, 5.74) is 0. The van der Waals surface area contributed by atoms with Crippen LogP contribution in [-0.4, -0.2) is 30.8 Å². The number of nitrogens with one attached hydrogen (secondary N) is 1. The third kappa shape index (κ3) is 6.24. The lowest BCUT2D eigenvalue weighted by molar-refractivity contribution is 0.169. The molecule has 0 bridgehead atoms. The van der Waals surface area contributed by atoms with Crippen LogP contribution in [0, 0.1) is 0 Å². The molecule has 0 saturated heterocycles. The van der Waals surface area contributed by atoms with Gasteiger partial charge in [-0.05, 0) is 31.6 Å². The van der Waals surface area contributed by atoms with E-state index >= 15 is 0 Å². The van der Waals surface area contributed by atoms with Crippen molar-refractivity contribution in [1.29, 1.82) is 0 Å². The Kier molecular flexibility index (Phi) is 7.74. The SMILES string of the molecule is CCCOc1ccc(Oc2ncc(C=C[C@H](C)NC(=O)OC)s2)c(Cl)c1. The van der Waals surface area contributed by atoms with Gasteiger partial charge in [-0.25, -0.2) is 9.78 Å². The number of rotatable bonds is 8. The normalized spacial score (nSPS) is 12.0. The van der Waals surface area contributed by atoms with E-state index in [1.54, 1.807) is 18.3 Å². The molecular weight excluding hydrogens is 376 g/mol. The van der Waals surface area contributed by atoms with Crippen molar-refractivity contribution in [3.05, 3.63) is 40.4 Å². The minimum Gasteiger partial charge on any atom is -0.494 e. The fraction of sp³-hybridized carbons (Fsp3) is 0.333. The van der Waals surface area contributed by atoms with E-state index in [-0.39, 0.29) is 6.04 Å². The smallest absolute Gasteiger partial charge is 0.407 e. The Bertz CT molecular complexity index is 763. The number of alkyl carbamates (subject to hydrolysis) is 1. The molecule has 0 aliphatic rings. The topological polar surface area (TPSA) is 69.7 Å². The van der Waals surface area contributed by atoms with E-state index in [4.69, 9.17) is 21.1 Å². The second-order valence-corrected chi connectivity index (χ2v) is 6.79. The van der Waals surface area contributed by atoms with Gasteiger partial charge in [0, 0.05) is 18.3 Å². The summed E-state index contributed by atoms with van der Waals surface area (Å²) in [6, 6.07) is 5.12. The van der Waals surface area contributed by atoms with Crippen molar-refractivity contribution in [3.63, 3.8) is 0 Å². The van der Waals surface area contributed by atoms with E-state index in [9.17, 15) is 4.79 Å². The lowest BCUT2D eigenvalue weighted by Gasteiger charge is -2.08. The molecule has 1 aromatic heterocycles. The van der Waals surface area contributed by atoms with Crippen LogP contribution in [0.1, 0.15) is 25.1 Å². The quantitative estimate of drug-likeness (QED) is 0.669. The maximum atomic E-state index is 11.1. The maximum absolute atomic E-state index is 11.1. The summed E-state index contributed by atoms with van der Waals surface area (Å²) in [6.45, 7) is 4.52. The van der Waals surface area contributed by atoms with E-state index in [1.165, 1.54) is 18.4 Å². The first kappa shape index (κ1) is 20.1. The standard InChI is InChI=1S/C18H21ClN2O4S/c1-4-9-24-13-6-8-16(15(19)10-13)25-18-20-11-14(26-18)7-5-12(2)21-17(22)23-3/h5-8,10-12H,4,9H2,1-3H3,(H,21,22)/t12-/m0/s1. The van der Waals surface area contributed by atoms with Crippen molar-refractivity contribution in [2.45, 2.75) is 26.3 Å². The molecule has 1 aromatic carbocycles. The number of carbonyl (C=O) groups excluding carboxylic acids is 1. The van der Waals surface area contributed by atoms with Crippen LogP contribution >= 0.6 is 22.9 Å². The largest absolute Gasteiger partial charge is 0.494 e.